The summed E-state index contributed by atoms with van der Waals surface area (Å²) in [5, 5.41) is 0. The van der Waals surface area contributed by atoms with Crippen LogP contribution in [0.2, 0.25) is 0 Å². The van der Waals surface area contributed by atoms with Crippen LogP contribution in [0, 0.1) is 0 Å². The van der Waals surface area contributed by atoms with Gasteiger partial charge in [-0.05, 0) is 47.7 Å². The highest BCUT2D eigenvalue weighted by molar-refractivity contribution is 6.21. The second-order valence-electron chi connectivity index (χ2n) is 9.87. The number of nitrogens with zero attached hydrogens (tertiary/aromatic N) is 3. The van der Waals surface area contributed by atoms with E-state index in [0.717, 1.165) is 28.8 Å². The van der Waals surface area contributed by atoms with Gasteiger partial charge in [0.1, 0.15) is 5.54 Å². The second-order valence-corrected chi connectivity index (χ2v) is 9.87. The number of aromatic nitrogens is 2. The number of allylic oxidation sites excluding steroid dienone is 1. The van der Waals surface area contributed by atoms with Crippen LogP contribution in [-0.2, 0) is 5.54 Å². The minimum atomic E-state index is -0.603. The van der Waals surface area contributed by atoms with Crippen molar-refractivity contribution in [3.63, 3.8) is 0 Å². The first-order valence-electron chi connectivity index (χ1n) is 13.5. The number of hydrogen-bond acceptors (Lipinski definition) is 3. The van der Waals surface area contributed by atoms with E-state index in [2.05, 4.69) is 89.6 Å². The number of hydrogen-bond donors (Lipinski definition) is 0. The van der Waals surface area contributed by atoms with Gasteiger partial charge in [0.15, 0.2) is 0 Å². The van der Waals surface area contributed by atoms with Gasteiger partial charge in [-0.15, -0.1) is 0 Å². The van der Waals surface area contributed by atoms with E-state index in [1.54, 1.807) is 24.3 Å². The highest BCUT2D eigenvalue weighted by Gasteiger charge is 2.38. The predicted octanol–water partition coefficient (Wildman–Crippen LogP) is 6.81. The van der Waals surface area contributed by atoms with Crippen LogP contribution >= 0.6 is 0 Å². The van der Waals surface area contributed by atoms with Gasteiger partial charge in [0, 0.05) is 12.7 Å². The molecule has 5 aromatic rings. The summed E-state index contributed by atoms with van der Waals surface area (Å²) >= 11 is 0. The normalized spacial score (nSPS) is 13.2. The van der Waals surface area contributed by atoms with Crippen molar-refractivity contribution in [2.75, 3.05) is 6.54 Å². The third-order valence-corrected chi connectivity index (χ3v) is 7.48. The Kier molecular flexibility index (Phi) is 6.94. The van der Waals surface area contributed by atoms with Crippen LogP contribution in [-0.4, -0.2) is 32.8 Å². The number of fused-ring (bicyclic) bond motifs is 1. The molecule has 5 heteroatoms. The molecule has 0 N–H and O–H groups in total. The molecule has 2 heterocycles. The summed E-state index contributed by atoms with van der Waals surface area (Å²) in [5.74, 6) is -0.412. The van der Waals surface area contributed by atoms with Crippen LogP contribution in [0.1, 0.15) is 55.9 Å². The van der Waals surface area contributed by atoms with Gasteiger partial charge >= 0.3 is 0 Å². The Morgan fingerprint density at radius 2 is 1.12 bits per heavy atom. The predicted molar refractivity (Wildman–Crippen MR) is 157 cm³/mol. The van der Waals surface area contributed by atoms with E-state index in [1.165, 1.54) is 4.90 Å². The molecule has 0 unspecified atom stereocenters. The summed E-state index contributed by atoms with van der Waals surface area (Å²) in [6, 6.07) is 38.5. The zero-order valence-electron chi connectivity index (χ0n) is 22.1. The van der Waals surface area contributed by atoms with Crippen molar-refractivity contribution in [2.24, 2.45) is 0 Å². The Bertz CT molecular complexity index is 1530. The molecule has 5 nitrogen and oxygen atoms in total. The van der Waals surface area contributed by atoms with Gasteiger partial charge in [-0.1, -0.05) is 109 Å². The average Bonchev–Trinajstić information content (AvgIpc) is 3.58. The van der Waals surface area contributed by atoms with Gasteiger partial charge in [0.05, 0.1) is 23.1 Å². The van der Waals surface area contributed by atoms with Gasteiger partial charge in [-0.2, -0.15) is 0 Å². The zero-order valence-corrected chi connectivity index (χ0v) is 22.1. The maximum absolute atomic E-state index is 12.6. The molecule has 0 saturated carbocycles. The number of imide groups is 1. The van der Waals surface area contributed by atoms with E-state index < -0.39 is 5.54 Å². The molecule has 0 aliphatic carbocycles. The molecule has 196 valence electrons. The summed E-state index contributed by atoms with van der Waals surface area (Å²) in [6.45, 7) is 0.393. The molecule has 6 rings (SSSR count). The molecule has 2 amide bonds. The van der Waals surface area contributed by atoms with Crippen molar-refractivity contribution in [3.05, 3.63) is 167 Å². The van der Waals surface area contributed by atoms with Gasteiger partial charge < -0.3 is 4.57 Å². The van der Waals surface area contributed by atoms with Crippen LogP contribution in [0.3, 0.4) is 0 Å². The number of amides is 2. The summed E-state index contributed by atoms with van der Waals surface area (Å²) in [6.07, 6.45) is 9.44. The summed E-state index contributed by atoms with van der Waals surface area (Å²) in [7, 11) is 0. The van der Waals surface area contributed by atoms with E-state index in [-0.39, 0.29) is 11.8 Å². The molecule has 40 heavy (non-hydrogen) atoms. The van der Waals surface area contributed by atoms with Crippen molar-refractivity contribution >= 4 is 17.9 Å². The highest BCUT2D eigenvalue weighted by atomic mass is 16.2. The van der Waals surface area contributed by atoms with Crippen molar-refractivity contribution in [1.29, 1.82) is 0 Å². The zero-order chi connectivity index (χ0) is 27.4. The number of benzene rings is 4. The lowest BCUT2D eigenvalue weighted by atomic mass is 9.77. The minimum Gasteiger partial charge on any atom is -0.318 e. The van der Waals surface area contributed by atoms with Crippen molar-refractivity contribution in [2.45, 2.75) is 18.4 Å². The maximum atomic E-state index is 12.6. The van der Waals surface area contributed by atoms with Crippen LogP contribution in [0.25, 0.3) is 6.08 Å². The lowest BCUT2D eigenvalue weighted by Crippen LogP contribution is -2.36. The first kappa shape index (κ1) is 25.3. The second kappa shape index (κ2) is 11.0. The molecule has 1 aromatic heterocycles. The largest absolute Gasteiger partial charge is 0.318 e. The van der Waals surface area contributed by atoms with Crippen LogP contribution in [0.15, 0.2) is 134 Å². The Balaban J connectivity index is 1.25. The van der Waals surface area contributed by atoms with Gasteiger partial charge in [-0.3, -0.25) is 14.5 Å². The molecule has 0 atom stereocenters. The van der Waals surface area contributed by atoms with E-state index in [4.69, 9.17) is 4.98 Å². The Labute approximate surface area is 234 Å². The molecule has 4 aromatic carbocycles. The summed E-state index contributed by atoms with van der Waals surface area (Å²) < 4.78 is 2.19. The van der Waals surface area contributed by atoms with Gasteiger partial charge in [0.2, 0.25) is 0 Å². The quantitative estimate of drug-likeness (QED) is 0.121. The number of unbranched alkanes of at least 4 members (excludes halogenated alkanes) is 1. The standard InChI is InChI=1S/C35H29N3O2/c39-33-31-22-12-13-23-32(31)34(40)38(33)24-14-4-11-21-30-25-37(26-36-30)35(27-15-5-1-6-16-27,28-17-7-2-8-18-28)29-19-9-3-10-20-29/h1-3,5-13,15-23,25-26H,4,14,24H2/b21-11+. The van der Waals surface area contributed by atoms with Gasteiger partial charge in [-0.25, -0.2) is 4.98 Å². The summed E-state index contributed by atoms with van der Waals surface area (Å²) in [5.41, 5.74) is 4.64. The molecule has 1 aliphatic heterocycles. The highest BCUT2D eigenvalue weighted by Crippen LogP contribution is 2.40. The fourth-order valence-corrected chi connectivity index (χ4v) is 5.61. The lowest BCUT2D eigenvalue weighted by Gasteiger charge is -2.37. The first-order valence-corrected chi connectivity index (χ1v) is 13.5. The maximum Gasteiger partial charge on any atom is 0.261 e. The Hall–Kier alpha value is -5.03. The molecule has 0 radical (unpaired) electrons. The average molecular weight is 524 g/mol. The fraction of sp³-hybridized carbons (Fsp3) is 0.114. The summed E-state index contributed by atoms with van der Waals surface area (Å²) in [4.78, 5) is 31.3. The van der Waals surface area contributed by atoms with Gasteiger partial charge in [0.25, 0.3) is 11.8 Å². The molecule has 0 saturated heterocycles. The molecule has 1 aliphatic rings. The number of carbonyl (C=O) groups excluding carboxylic acids is 2. The van der Waals surface area contributed by atoms with E-state index in [9.17, 15) is 9.59 Å². The van der Waals surface area contributed by atoms with Crippen LogP contribution in [0.4, 0.5) is 0 Å². The number of rotatable bonds is 9. The molecular weight excluding hydrogens is 494 g/mol. The van der Waals surface area contributed by atoms with Crippen molar-refractivity contribution < 1.29 is 9.59 Å². The van der Waals surface area contributed by atoms with Crippen LogP contribution < -0.4 is 0 Å². The van der Waals surface area contributed by atoms with E-state index in [1.807, 2.05) is 30.6 Å². The topological polar surface area (TPSA) is 55.2 Å². The van der Waals surface area contributed by atoms with E-state index in [0.29, 0.717) is 24.1 Å². The van der Waals surface area contributed by atoms with Crippen molar-refractivity contribution in [1.82, 2.24) is 14.5 Å². The third-order valence-electron chi connectivity index (χ3n) is 7.48. The number of imidazole rings is 1. The van der Waals surface area contributed by atoms with Crippen molar-refractivity contribution in [3.8, 4) is 0 Å². The molecule has 0 fully saturated rings. The molecule has 0 spiro atoms. The van der Waals surface area contributed by atoms with E-state index >= 15 is 0 Å². The Morgan fingerprint density at radius 3 is 1.62 bits per heavy atom. The smallest absolute Gasteiger partial charge is 0.261 e. The SMILES string of the molecule is O=C1c2ccccc2C(=O)N1CCC/C=C/c1cn(C(c2ccccc2)(c2ccccc2)c2ccccc2)cn1. The Morgan fingerprint density at radius 1 is 0.650 bits per heavy atom. The fourth-order valence-electron chi connectivity index (χ4n) is 5.61. The lowest BCUT2D eigenvalue weighted by molar-refractivity contribution is 0.0653. The number of carbonyl (C=O) groups is 2. The molecule has 0 bridgehead atoms. The minimum absolute atomic E-state index is 0.206. The molecular formula is C35H29N3O2. The van der Waals surface area contributed by atoms with Crippen LogP contribution in [0.5, 0.6) is 0 Å². The monoisotopic (exact) mass is 523 g/mol. The third kappa shape index (κ3) is 4.46. The first-order chi connectivity index (χ1) is 19.7.